The molecule has 2 fully saturated rings. The third kappa shape index (κ3) is 2.27. The maximum Gasteiger partial charge on any atom is 0.227 e. The molecular formula is C12H17NO. The minimum atomic E-state index is 0.248. The second-order valence-electron chi connectivity index (χ2n) is 4.20. The highest BCUT2D eigenvalue weighted by Gasteiger charge is 2.17. The number of likely N-dealkylation sites (tertiary alicyclic amines) is 1. The van der Waals surface area contributed by atoms with E-state index in [4.69, 9.17) is 0 Å². The minimum Gasteiger partial charge on any atom is -0.312 e. The van der Waals surface area contributed by atoms with Crippen LogP contribution in [0.3, 0.4) is 0 Å². The molecule has 1 saturated carbocycles. The number of rotatable bonds is 2. The Hall–Kier alpha value is -1.01. The number of hydrogen-bond donors (Lipinski definition) is 0. The summed E-state index contributed by atoms with van der Waals surface area (Å²) in [7, 11) is 0. The van der Waals surface area contributed by atoms with Crippen molar-refractivity contribution < 1.29 is 4.79 Å². The molecule has 14 heavy (non-hydrogen) atoms. The quantitative estimate of drug-likeness (QED) is 0.614. The van der Waals surface area contributed by atoms with Crippen molar-refractivity contribution in [1.82, 2.24) is 4.90 Å². The topological polar surface area (TPSA) is 20.3 Å². The smallest absolute Gasteiger partial charge is 0.227 e. The average molecular weight is 191 g/mol. The molecule has 76 valence electrons. The maximum atomic E-state index is 11.2. The SMILES string of the molecule is O=C1CCCN1C=C=CC1CCCC1. The van der Waals surface area contributed by atoms with Gasteiger partial charge in [-0.3, -0.25) is 4.79 Å². The first kappa shape index (κ1) is 9.54. The summed E-state index contributed by atoms with van der Waals surface area (Å²) in [5.74, 6) is 0.960. The van der Waals surface area contributed by atoms with Crippen LogP contribution in [0.1, 0.15) is 38.5 Å². The molecule has 2 nitrogen and oxygen atoms in total. The maximum absolute atomic E-state index is 11.2. The molecule has 0 unspecified atom stereocenters. The van der Waals surface area contributed by atoms with Gasteiger partial charge >= 0.3 is 0 Å². The molecule has 2 rings (SSSR count). The molecule has 2 aliphatic rings. The first-order valence-electron chi connectivity index (χ1n) is 5.58. The number of hydrogen-bond acceptors (Lipinski definition) is 1. The van der Waals surface area contributed by atoms with E-state index in [1.54, 1.807) is 4.90 Å². The van der Waals surface area contributed by atoms with Crippen LogP contribution in [-0.4, -0.2) is 17.4 Å². The van der Waals surface area contributed by atoms with E-state index in [0.717, 1.165) is 13.0 Å². The van der Waals surface area contributed by atoms with Gasteiger partial charge < -0.3 is 4.90 Å². The summed E-state index contributed by atoms with van der Waals surface area (Å²) >= 11 is 0. The van der Waals surface area contributed by atoms with Gasteiger partial charge in [0.1, 0.15) is 0 Å². The monoisotopic (exact) mass is 191 g/mol. The minimum absolute atomic E-state index is 0.248. The molecule has 0 N–H and O–H groups in total. The standard InChI is InChI=1S/C12H17NO/c14-12-8-4-10-13(12)9-3-7-11-5-1-2-6-11/h7,9,11H,1-2,4-6,8,10H2. The number of amides is 1. The molecular weight excluding hydrogens is 174 g/mol. The van der Waals surface area contributed by atoms with Crippen LogP contribution in [0, 0.1) is 5.92 Å². The Morgan fingerprint density at radius 2 is 2.07 bits per heavy atom. The Morgan fingerprint density at radius 3 is 2.71 bits per heavy atom. The van der Waals surface area contributed by atoms with Gasteiger partial charge in [-0.2, -0.15) is 0 Å². The van der Waals surface area contributed by atoms with Gasteiger partial charge in [0.15, 0.2) is 0 Å². The fourth-order valence-electron chi connectivity index (χ4n) is 2.20. The second kappa shape index (κ2) is 4.47. The van der Waals surface area contributed by atoms with E-state index in [9.17, 15) is 4.79 Å². The van der Waals surface area contributed by atoms with Crippen LogP contribution in [-0.2, 0) is 4.79 Å². The molecule has 0 spiro atoms. The summed E-state index contributed by atoms with van der Waals surface area (Å²) in [6, 6.07) is 0. The Balaban J connectivity index is 1.88. The second-order valence-corrected chi connectivity index (χ2v) is 4.20. The van der Waals surface area contributed by atoms with Crippen molar-refractivity contribution in [1.29, 1.82) is 0 Å². The molecule has 0 radical (unpaired) electrons. The van der Waals surface area contributed by atoms with E-state index in [-0.39, 0.29) is 5.91 Å². The van der Waals surface area contributed by atoms with Crippen LogP contribution in [0.25, 0.3) is 0 Å². The van der Waals surface area contributed by atoms with Gasteiger partial charge in [-0.25, -0.2) is 0 Å². The highest BCUT2D eigenvalue weighted by Crippen LogP contribution is 2.25. The van der Waals surface area contributed by atoms with Gasteiger partial charge in [0.25, 0.3) is 0 Å². The summed E-state index contributed by atoms with van der Waals surface area (Å²) in [5.41, 5.74) is 3.15. The number of allylic oxidation sites excluding steroid dienone is 1. The van der Waals surface area contributed by atoms with Crippen LogP contribution in [0.2, 0.25) is 0 Å². The number of carbonyl (C=O) groups is 1. The predicted octanol–water partition coefficient (Wildman–Crippen LogP) is 2.47. The van der Waals surface area contributed by atoms with Crippen molar-refractivity contribution in [3.8, 4) is 0 Å². The highest BCUT2D eigenvalue weighted by molar-refractivity contribution is 5.79. The lowest BCUT2D eigenvalue weighted by atomic mass is 10.1. The zero-order valence-corrected chi connectivity index (χ0v) is 8.54. The van der Waals surface area contributed by atoms with Gasteiger partial charge in [0, 0.05) is 19.2 Å². The van der Waals surface area contributed by atoms with Crippen molar-refractivity contribution in [3.63, 3.8) is 0 Å². The largest absolute Gasteiger partial charge is 0.312 e. The Labute approximate surface area is 85.3 Å². The number of nitrogens with zero attached hydrogens (tertiary/aromatic N) is 1. The van der Waals surface area contributed by atoms with E-state index in [0.29, 0.717) is 12.3 Å². The molecule has 1 aliphatic heterocycles. The van der Waals surface area contributed by atoms with Gasteiger partial charge in [-0.05, 0) is 31.3 Å². The Bertz CT molecular complexity index is 270. The van der Waals surface area contributed by atoms with Crippen LogP contribution in [0.15, 0.2) is 18.0 Å². The van der Waals surface area contributed by atoms with Gasteiger partial charge in [-0.15, -0.1) is 5.73 Å². The molecule has 1 heterocycles. The van der Waals surface area contributed by atoms with Crippen LogP contribution >= 0.6 is 0 Å². The lowest BCUT2D eigenvalue weighted by Crippen LogP contribution is -2.16. The zero-order valence-electron chi connectivity index (χ0n) is 8.54. The molecule has 0 aromatic heterocycles. The molecule has 1 saturated heterocycles. The van der Waals surface area contributed by atoms with Crippen molar-refractivity contribution in [2.45, 2.75) is 38.5 Å². The van der Waals surface area contributed by atoms with E-state index >= 15 is 0 Å². The summed E-state index contributed by atoms with van der Waals surface area (Å²) in [6.45, 7) is 0.879. The first-order valence-corrected chi connectivity index (χ1v) is 5.58. The van der Waals surface area contributed by atoms with E-state index in [2.05, 4.69) is 11.8 Å². The van der Waals surface area contributed by atoms with Crippen molar-refractivity contribution in [2.24, 2.45) is 5.92 Å². The fraction of sp³-hybridized carbons (Fsp3) is 0.667. The summed E-state index contributed by atoms with van der Waals surface area (Å²) in [4.78, 5) is 13.0. The predicted molar refractivity (Wildman–Crippen MR) is 55.6 cm³/mol. The van der Waals surface area contributed by atoms with Crippen molar-refractivity contribution >= 4 is 5.91 Å². The highest BCUT2D eigenvalue weighted by atomic mass is 16.2. The van der Waals surface area contributed by atoms with Gasteiger partial charge in [0.2, 0.25) is 5.91 Å². The zero-order chi connectivity index (χ0) is 9.80. The lowest BCUT2D eigenvalue weighted by Gasteiger charge is -2.05. The molecule has 0 aromatic rings. The Kier molecular flexibility index (Phi) is 3.05. The first-order chi connectivity index (χ1) is 6.86. The molecule has 1 amide bonds. The van der Waals surface area contributed by atoms with Crippen LogP contribution in [0.5, 0.6) is 0 Å². The fourth-order valence-corrected chi connectivity index (χ4v) is 2.20. The third-order valence-corrected chi connectivity index (χ3v) is 3.07. The lowest BCUT2D eigenvalue weighted by molar-refractivity contribution is -0.125. The van der Waals surface area contributed by atoms with Crippen molar-refractivity contribution in [3.05, 3.63) is 18.0 Å². The summed E-state index contributed by atoms with van der Waals surface area (Å²) in [5, 5.41) is 0. The van der Waals surface area contributed by atoms with Gasteiger partial charge in [0.05, 0.1) is 0 Å². The van der Waals surface area contributed by atoms with Gasteiger partial charge in [-0.1, -0.05) is 12.8 Å². The molecule has 0 atom stereocenters. The normalized spacial score (nSPS) is 22.6. The van der Waals surface area contributed by atoms with E-state index in [1.807, 2.05) is 6.20 Å². The molecule has 2 heteroatoms. The molecule has 0 aromatic carbocycles. The number of carbonyl (C=O) groups excluding carboxylic acids is 1. The van der Waals surface area contributed by atoms with Crippen LogP contribution in [0.4, 0.5) is 0 Å². The summed E-state index contributed by atoms with van der Waals surface area (Å²) in [6.07, 6.45) is 11.0. The van der Waals surface area contributed by atoms with E-state index < -0.39 is 0 Å². The van der Waals surface area contributed by atoms with Crippen LogP contribution < -0.4 is 0 Å². The third-order valence-electron chi connectivity index (χ3n) is 3.07. The molecule has 0 bridgehead atoms. The average Bonchev–Trinajstić information content (AvgIpc) is 2.78. The van der Waals surface area contributed by atoms with E-state index in [1.165, 1.54) is 25.7 Å². The van der Waals surface area contributed by atoms with Crippen molar-refractivity contribution in [2.75, 3.05) is 6.54 Å². The Morgan fingerprint density at radius 1 is 1.29 bits per heavy atom. The summed E-state index contributed by atoms with van der Waals surface area (Å²) < 4.78 is 0. The molecule has 1 aliphatic carbocycles.